The van der Waals surface area contributed by atoms with Gasteiger partial charge in [-0.2, -0.15) is 22.1 Å². The van der Waals surface area contributed by atoms with Crippen LogP contribution in [0.3, 0.4) is 0 Å². The van der Waals surface area contributed by atoms with Crippen LogP contribution in [0.25, 0.3) is 5.00 Å². The van der Waals surface area contributed by atoms with E-state index < -0.39 is 16.0 Å². The zero-order valence-corrected chi connectivity index (χ0v) is 20.0. The largest absolute Gasteiger partial charge is 0.351 e. The number of hydrogen-bond acceptors (Lipinski definition) is 5. The fourth-order valence-electron chi connectivity index (χ4n) is 3.80. The van der Waals surface area contributed by atoms with E-state index in [0.29, 0.717) is 36.8 Å². The molecule has 3 aromatic rings. The molecule has 1 fully saturated rings. The number of nitrogens with zero attached hydrogens (tertiary/aromatic N) is 5. The van der Waals surface area contributed by atoms with Gasteiger partial charge in [-0.25, -0.2) is 18.4 Å². The fourth-order valence-corrected chi connectivity index (χ4v) is 5.89. The van der Waals surface area contributed by atoms with Crippen LogP contribution in [-0.2, 0) is 16.8 Å². The standard InChI is InChI=1S/C20H23ClFN5O3S2/c1-24(2)32(29,30)25-10-8-14(9-11-25)19-23-26(13-15-16(21)5-3-6-17(15)22)20(28)27(19)18-7-4-12-31-18/h3-7,12,14H,8-11,13H2,1-2H3. The van der Waals surface area contributed by atoms with E-state index in [1.807, 2.05) is 17.5 Å². The molecule has 0 N–H and O–H groups in total. The van der Waals surface area contributed by atoms with E-state index in [1.165, 1.54) is 50.9 Å². The summed E-state index contributed by atoms with van der Waals surface area (Å²) in [6.45, 7) is 0.565. The smallest absolute Gasteiger partial charge is 0.246 e. The summed E-state index contributed by atoms with van der Waals surface area (Å²) < 4.78 is 44.6. The maximum absolute atomic E-state index is 14.3. The van der Waals surface area contributed by atoms with E-state index in [0.717, 1.165) is 0 Å². The van der Waals surface area contributed by atoms with Gasteiger partial charge in [0.25, 0.3) is 10.2 Å². The van der Waals surface area contributed by atoms with Crippen molar-refractivity contribution in [2.45, 2.75) is 25.3 Å². The molecular formula is C20H23ClFN5O3S2. The molecule has 32 heavy (non-hydrogen) atoms. The Labute approximate surface area is 194 Å². The summed E-state index contributed by atoms with van der Waals surface area (Å²) in [5, 5.41) is 7.36. The Morgan fingerprint density at radius 3 is 2.53 bits per heavy atom. The van der Waals surface area contributed by atoms with Crippen LogP contribution < -0.4 is 5.69 Å². The average Bonchev–Trinajstić information content (AvgIpc) is 3.39. The molecule has 0 unspecified atom stereocenters. The third-order valence-electron chi connectivity index (χ3n) is 5.57. The number of aromatic nitrogens is 3. The highest BCUT2D eigenvalue weighted by molar-refractivity contribution is 7.86. The van der Waals surface area contributed by atoms with Gasteiger partial charge in [0.1, 0.15) is 16.6 Å². The second-order valence-electron chi connectivity index (χ2n) is 7.75. The third kappa shape index (κ3) is 4.27. The summed E-state index contributed by atoms with van der Waals surface area (Å²) >= 11 is 7.56. The molecule has 172 valence electrons. The second-order valence-corrected chi connectivity index (χ2v) is 11.2. The molecule has 1 aliphatic rings. The Morgan fingerprint density at radius 1 is 1.22 bits per heavy atom. The highest BCUT2D eigenvalue weighted by atomic mass is 35.5. The first-order valence-corrected chi connectivity index (χ1v) is 12.7. The summed E-state index contributed by atoms with van der Waals surface area (Å²) in [5.74, 6) is -0.0682. The quantitative estimate of drug-likeness (QED) is 0.522. The molecule has 0 amide bonds. The van der Waals surface area contributed by atoms with E-state index in [1.54, 1.807) is 10.6 Å². The van der Waals surface area contributed by atoms with Crippen molar-refractivity contribution in [3.8, 4) is 5.00 Å². The van der Waals surface area contributed by atoms with Gasteiger partial charge in [-0.3, -0.25) is 0 Å². The maximum Gasteiger partial charge on any atom is 0.351 e. The third-order valence-corrected chi connectivity index (χ3v) is 8.72. The highest BCUT2D eigenvalue weighted by Crippen LogP contribution is 2.30. The van der Waals surface area contributed by atoms with Crippen molar-refractivity contribution < 1.29 is 12.8 Å². The molecule has 0 atom stereocenters. The molecule has 0 radical (unpaired) electrons. The van der Waals surface area contributed by atoms with Crippen LogP contribution in [0.1, 0.15) is 30.1 Å². The fraction of sp³-hybridized carbons (Fsp3) is 0.400. The van der Waals surface area contributed by atoms with Gasteiger partial charge in [0, 0.05) is 43.7 Å². The van der Waals surface area contributed by atoms with Gasteiger partial charge in [-0.05, 0) is 42.5 Å². The lowest BCUT2D eigenvalue weighted by Crippen LogP contribution is -2.44. The number of thiophene rings is 1. The SMILES string of the molecule is CN(C)S(=O)(=O)N1CCC(c2nn(Cc3c(F)cccc3Cl)c(=O)n2-c2cccs2)CC1. The Balaban J connectivity index is 1.68. The van der Waals surface area contributed by atoms with Crippen LogP contribution in [0, 0.1) is 5.82 Å². The molecule has 12 heteroatoms. The van der Waals surface area contributed by atoms with Crippen molar-refractivity contribution in [3.05, 3.63) is 68.4 Å². The first-order chi connectivity index (χ1) is 15.2. The molecule has 4 rings (SSSR count). The predicted molar refractivity (Wildman–Crippen MR) is 122 cm³/mol. The summed E-state index contributed by atoms with van der Waals surface area (Å²) in [5.41, 5.74) is -0.185. The summed E-state index contributed by atoms with van der Waals surface area (Å²) in [6, 6.07) is 8.04. The van der Waals surface area contributed by atoms with Crippen molar-refractivity contribution in [1.82, 2.24) is 23.0 Å². The lowest BCUT2D eigenvalue weighted by molar-refractivity contribution is 0.295. The molecule has 2 aromatic heterocycles. The van der Waals surface area contributed by atoms with Gasteiger partial charge in [0.2, 0.25) is 0 Å². The Morgan fingerprint density at radius 2 is 1.94 bits per heavy atom. The summed E-state index contributed by atoms with van der Waals surface area (Å²) in [4.78, 5) is 13.3. The Kier molecular flexibility index (Phi) is 6.55. The Hall–Kier alpha value is -2.05. The minimum absolute atomic E-state index is 0.0937. The topological polar surface area (TPSA) is 80.4 Å². The van der Waals surface area contributed by atoms with Crippen LogP contribution in [-0.4, -0.2) is 58.6 Å². The lowest BCUT2D eigenvalue weighted by Gasteiger charge is -2.32. The molecule has 1 saturated heterocycles. The molecule has 3 heterocycles. The van der Waals surface area contributed by atoms with Crippen molar-refractivity contribution >= 4 is 33.1 Å². The molecule has 0 bridgehead atoms. The molecule has 1 aromatic carbocycles. The van der Waals surface area contributed by atoms with Crippen molar-refractivity contribution in [2.75, 3.05) is 27.2 Å². The first kappa shape index (κ1) is 23.1. The van der Waals surface area contributed by atoms with Crippen LogP contribution in [0.4, 0.5) is 4.39 Å². The minimum Gasteiger partial charge on any atom is -0.246 e. The molecule has 0 saturated carbocycles. The van der Waals surface area contributed by atoms with Crippen molar-refractivity contribution in [1.29, 1.82) is 0 Å². The first-order valence-electron chi connectivity index (χ1n) is 10.0. The summed E-state index contributed by atoms with van der Waals surface area (Å²) in [7, 11) is -0.483. The van der Waals surface area contributed by atoms with E-state index in [-0.39, 0.29) is 28.7 Å². The van der Waals surface area contributed by atoms with E-state index in [4.69, 9.17) is 11.6 Å². The second kappa shape index (κ2) is 9.06. The van der Waals surface area contributed by atoms with Crippen LogP contribution in [0.5, 0.6) is 0 Å². The van der Waals surface area contributed by atoms with Gasteiger partial charge in [0.05, 0.1) is 6.54 Å². The van der Waals surface area contributed by atoms with Gasteiger partial charge >= 0.3 is 5.69 Å². The zero-order chi connectivity index (χ0) is 23.0. The van der Waals surface area contributed by atoms with Gasteiger partial charge in [-0.1, -0.05) is 17.7 Å². The number of benzene rings is 1. The number of piperidine rings is 1. The molecule has 0 spiro atoms. The summed E-state index contributed by atoms with van der Waals surface area (Å²) in [6.07, 6.45) is 1.05. The van der Waals surface area contributed by atoms with Crippen LogP contribution in [0.15, 0.2) is 40.5 Å². The van der Waals surface area contributed by atoms with Crippen molar-refractivity contribution in [3.63, 3.8) is 0 Å². The molecule has 8 nitrogen and oxygen atoms in total. The minimum atomic E-state index is -3.49. The predicted octanol–water partition coefficient (Wildman–Crippen LogP) is 2.92. The van der Waals surface area contributed by atoms with E-state index >= 15 is 0 Å². The van der Waals surface area contributed by atoms with Gasteiger partial charge in [-0.15, -0.1) is 11.3 Å². The lowest BCUT2D eigenvalue weighted by atomic mass is 9.97. The molecular weight excluding hydrogens is 477 g/mol. The highest BCUT2D eigenvalue weighted by Gasteiger charge is 2.33. The van der Waals surface area contributed by atoms with Crippen LogP contribution >= 0.6 is 22.9 Å². The number of halogens is 2. The maximum atomic E-state index is 14.3. The zero-order valence-electron chi connectivity index (χ0n) is 17.6. The van der Waals surface area contributed by atoms with Crippen molar-refractivity contribution in [2.24, 2.45) is 0 Å². The van der Waals surface area contributed by atoms with Crippen LogP contribution in [0.2, 0.25) is 5.02 Å². The molecule has 0 aliphatic carbocycles. The number of rotatable bonds is 6. The van der Waals surface area contributed by atoms with Gasteiger partial charge < -0.3 is 0 Å². The Bertz CT molecular complexity index is 1240. The van der Waals surface area contributed by atoms with E-state index in [2.05, 4.69) is 5.10 Å². The average molecular weight is 500 g/mol. The number of hydrogen-bond donors (Lipinski definition) is 0. The monoisotopic (exact) mass is 499 g/mol. The molecule has 1 aliphatic heterocycles. The van der Waals surface area contributed by atoms with Gasteiger partial charge in [0.15, 0.2) is 0 Å². The normalized spacial score (nSPS) is 16.2. The van der Waals surface area contributed by atoms with E-state index in [9.17, 15) is 17.6 Å².